The van der Waals surface area contributed by atoms with Crippen LogP contribution in [-0.2, 0) is 0 Å². The van der Waals surface area contributed by atoms with Gasteiger partial charge in [-0.25, -0.2) is 14.4 Å². The molecule has 32 heavy (non-hydrogen) atoms. The van der Waals surface area contributed by atoms with E-state index >= 15 is 0 Å². The summed E-state index contributed by atoms with van der Waals surface area (Å²) in [7, 11) is 0. The zero-order valence-corrected chi connectivity index (χ0v) is 17.1. The number of anilines is 1. The van der Waals surface area contributed by atoms with E-state index in [1.165, 1.54) is 12.1 Å². The number of fused-ring (bicyclic) bond motifs is 3. The van der Waals surface area contributed by atoms with E-state index in [-0.39, 0.29) is 25.1 Å². The average molecular weight is 435 g/mol. The van der Waals surface area contributed by atoms with E-state index < -0.39 is 11.9 Å². The lowest BCUT2D eigenvalue weighted by Gasteiger charge is -2.13. The molecular formula is C23H22FN5O3. The smallest absolute Gasteiger partial charge is 0.251 e. The number of aliphatic hydroxyl groups excluding tert-OH is 2. The third-order valence-electron chi connectivity index (χ3n) is 5.46. The largest absolute Gasteiger partial charge is 0.394 e. The molecule has 1 unspecified atom stereocenters. The van der Waals surface area contributed by atoms with E-state index in [1.54, 1.807) is 28.8 Å². The molecule has 4 N–H and O–H groups in total. The van der Waals surface area contributed by atoms with Gasteiger partial charge in [0.2, 0.25) is 0 Å². The first-order valence-electron chi connectivity index (χ1n) is 10.4. The number of halogens is 1. The second-order valence-electron chi connectivity index (χ2n) is 7.94. The molecule has 2 heterocycles. The monoisotopic (exact) mass is 435 g/mol. The van der Waals surface area contributed by atoms with Crippen LogP contribution in [0.4, 0.5) is 10.2 Å². The Balaban J connectivity index is 1.58. The van der Waals surface area contributed by atoms with Gasteiger partial charge in [0.25, 0.3) is 5.91 Å². The van der Waals surface area contributed by atoms with Crippen molar-refractivity contribution < 1.29 is 19.4 Å². The Morgan fingerprint density at radius 1 is 1.22 bits per heavy atom. The van der Waals surface area contributed by atoms with Crippen molar-refractivity contribution in [3.05, 3.63) is 60.0 Å². The van der Waals surface area contributed by atoms with Crippen LogP contribution < -0.4 is 10.6 Å². The average Bonchev–Trinajstić information content (AvgIpc) is 3.51. The highest BCUT2D eigenvalue weighted by atomic mass is 19.1. The number of amides is 1. The Bertz CT molecular complexity index is 1300. The zero-order chi connectivity index (χ0) is 22.2. The topological polar surface area (TPSA) is 112 Å². The fourth-order valence-electron chi connectivity index (χ4n) is 3.59. The molecule has 164 valence electrons. The molecule has 1 amide bonds. The summed E-state index contributed by atoms with van der Waals surface area (Å²) in [6.45, 7) is -0.304. The van der Waals surface area contributed by atoms with Gasteiger partial charge >= 0.3 is 0 Å². The van der Waals surface area contributed by atoms with Crippen molar-refractivity contribution in [1.29, 1.82) is 0 Å². The van der Waals surface area contributed by atoms with Gasteiger partial charge in [-0.05, 0) is 37.1 Å². The van der Waals surface area contributed by atoms with E-state index in [0.717, 1.165) is 18.4 Å². The van der Waals surface area contributed by atoms with E-state index in [4.69, 9.17) is 5.11 Å². The van der Waals surface area contributed by atoms with Gasteiger partial charge in [-0.3, -0.25) is 9.20 Å². The molecule has 5 rings (SSSR count). The number of benzene rings is 2. The maximum atomic E-state index is 14.1. The summed E-state index contributed by atoms with van der Waals surface area (Å²) in [5, 5.41) is 24.8. The molecule has 1 atom stereocenters. The number of aliphatic hydroxyl groups is 2. The predicted molar refractivity (Wildman–Crippen MR) is 118 cm³/mol. The summed E-state index contributed by atoms with van der Waals surface area (Å²) in [5.74, 6) is -0.0881. The molecule has 1 aliphatic carbocycles. The first-order chi connectivity index (χ1) is 15.5. The third-order valence-corrected chi connectivity index (χ3v) is 5.46. The summed E-state index contributed by atoms with van der Waals surface area (Å²) in [6.07, 6.45) is 2.75. The van der Waals surface area contributed by atoms with Crippen LogP contribution in [0.1, 0.15) is 23.2 Å². The Labute approximate surface area is 182 Å². The lowest BCUT2D eigenvalue weighted by Crippen LogP contribution is -2.25. The summed E-state index contributed by atoms with van der Waals surface area (Å²) in [4.78, 5) is 21.3. The summed E-state index contributed by atoms with van der Waals surface area (Å²) in [5.41, 5.74) is 3.62. The van der Waals surface area contributed by atoms with Crippen molar-refractivity contribution in [3.63, 3.8) is 0 Å². The van der Waals surface area contributed by atoms with Crippen molar-refractivity contribution in [1.82, 2.24) is 19.7 Å². The van der Waals surface area contributed by atoms with Crippen molar-refractivity contribution in [2.45, 2.75) is 25.0 Å². The van der Waals surface area contributed by atoms with Gasteiger partial charge in [-0.1, -0.05) is 12.1 Å². The fraction of sp³-hybridized carbons (Fsp3) is 0.261. The summed E-state index contributed by atoms with van der Waals surface area (Å²) >= 11 is 0. The number of carbonyl (C=O) groups is 1. The molecule has 9 heteroatoms. The van der Waals surface area contributed by atoms with Crippen LogP contribution in [0.25, 0.3) is 27.9 Å². The van der Waals surface area contributed by atoms with Crippen LogP contribution in [0.5, 0.6) is 0 Å². The quantitative estimate of drug-likeness (QED) is 0.355. The summed E-state index contributed by atoms with van der Waals surface area (Å²) in [6, 6.07) is 11.8. The van der Waals surface area contributed by atoms with Crippen LogP contribution in [-0.4, -0.2) is 55.8 Å². The van der Waals surface area contributed by atoms with Crippen LogP contribution in [0, 0.1) is 5.82 Å². The molecule has 2 aromatic carbocycles. The maximum Gasteiger partial charge on any atom is 0.251 e. The SMILES string of the molecule is O=C(NC1CC1)c1ccc(-c2cnc3c(NCC(O)CO)nc4ccc(F)cc4n23)cc1. The molecule has 0 spiro atoms. The molecule has 2 aromatic heterocycles. The molecule has 0 aliphatic heterocycles. The molecule has 0 radical (unpaired) electrons. The molecule has 8 nitrogen and oxygen atoms in total. The number of hydrogen-bond donors (Lipinski definition) is 4. The van der Waals surface area contributed by atoms with Gasteiger partial charge in [0.15, 0.2) is 11.5 Å². The second kappa shape index (κ2) is 8.18. The lowest BCUT2D eigenvalue weighted by atomic mass is 10.1. The van der Waals surface area contributed by atoms with Crippen LogP contribution in [0.15, 0.2) is 48.7 Å². The highest BCUT2D eigenvalue weighted by Gasteiger charge is 2.24. The molecule has 1 fully saturated rings. The highest BCUT2D eigenvalue weighted by Crippen LogP contribution is 2.29. The number of carbonyl (C=O) groups excluding carboxylic acids is 1. The number of nitrogens with zero attached hydrogens (tertiary/aromatic N) is 3. The van der Waals surface area contributed by atoms with Crippen LogP contribution in [0.2, 0.25) is 0 Å². The van der Waals surface area contributed by atoms with E-state index in [2.05, 4.69) is 20.6 Å². The van der Waals surface area contributed by atoms with Crippen molar-refractivity contribution in [3.8, 4) is 11.3 Å². The number of rotatable bonds is 7. The van der Waals surface area contributed by atoms with Crippen molar-refractivity contribution in [2.75, 3.05) is 18.5 Å². The summed E-state index contributed by atoms with van der Waals surface area (Å²) < 4.78 is 15.9. The number of hydrogen-bond acceptors (Lipinski definition) is 6. The van der Waals surface area contributed by atoms with Gasteiger partial charge in [-0.15, -0.1) is 0 Å². The number of imidazole rings is 1. The molecule has 0 saturated heterocycles. The predicted octanol–water partition coefficient (Wildman–Crippen LogP) is 2.35. The van der Waals surface area contributed by atoms with Crippen LogP contribution in [0.3, 0.4) is 0 Å². The van der Waals surface area contributed by atoms with Gasteiger partial charge in [-0.2, -0.15) is 0 Å². The van der Waals surface area contributed by atoms with Gasteiger partial charge in [0.05, 0.1) is 35.6 Å². The fourth-order valence-corrected chi connectivity index (χ4v) is 3.59. The minimum Gasteiger partial charge on any atom is -0.394 e. The Kier molecular flexibility index (Phi) is 5.20. The number of nitrogens with one attached hydrogen (secondary N) is 2. The minimum absolute atomic E-state index is 0.0822. The molecule has 1 aliphatic rings. The first kappa shape index (κ1) is 20.3. The maximum absolute atomic E-state index is 14.1. The van der Waals surface area contributed by atoms with Gasteiger partial charge in [0, 0.05) is 29.8 Å². The molecular weight excluding hydrogens is 413 g/mol. The van der Waals surface area contributed by atoms with E-state index in [9.17, 15) is 14.3 Å². The normalized spacial score (nSPS) is 14.6. The molecule has 4 aromatic rings. The molecule has 0 bridgehead atoms. The van der Waals surface area contributed by atoms with Gasteiger partial charge < -0.3 is 20.8 Å². The van der Waals surface area contributed by atoms with Crippen molar-refractivity contribution >= 4 is 28.4 Å². The van der Waals surface area contributed by atoms with Crippen molar-refractivity contribution in [2.24, 2.45) is 0 Å². The van der Waals surface area contributed by atoms with E-state index in [1.807, 2.05) is 12.1 Å². The zero-order valence-electron chi connectivity index (χ0n) is 17.1. The first-order valence-corrected chi connectivity index (χ1v) is 10.4. The van der Waals surface area contributed by atoms with Gasteiger partial charge in [0.1, 0.15) is 5.82 Å². The third kappa shape index (κ3) is 3.88. The highest BCUT2D eigenvalue weighted by molar-refractivity contribution is 5.95. The Morgan fingerprint density at radius 2 is 2.00 bits per heavy atom. The lowest BCUT2D eigenvalue weighted by molar-refractivity contribution is 0.0951. The Hall–Kier alpha value is -3.56. The Morgan fingerprint density at radius 3 is 2.72 bits per heavy atom. The van der Waals surface area contributed by atoms with E-state index in [0.29, 0.717) is 33.8 Å². The number of aromatic nitrogens is 3. The standard InChI is InChI=1S/C23H22FN5O3/c24-15-5-8-18-19(9-15)29-20(11-26-22(29)21(28-18)25-10-17(31)12-30)13-1-3-14(4-2-13)23(32)27-16-6-7-16/h1-5,8-9,11,16-17,30-31H,6-7,10,12H2,(H,25,28)(H,27,32). The minimum atomic E-state index is -0.954. The second-order valence-corrected chi connectivity index (χ2v) is 7.94. The molecule has 1 saturated carbocycles. The van der Waals surface area contributed by atoms with Crippen LogP contribution >= 0.6 is 0 Å².